The molecular formula is C17H26N5O2S2+. The van der Waals surface area contributed by atoms with E-state index in [1.165, 1.54) is 4.90 Å². The molecule has 0 saturated carbocycles. The van der Waals surface area contributed by atoms with Crippen LogP contribution in [0.5, 0.6) is 0 Å². The van der Waals surface area contributed by atoms with E-state index >= 15 is 0 Å². The number of aromatic nitrogens is 3. The van der Waals surface area contributed by atoms with Crippen molar-refractivity contribution in [2.75, 3.05) is 26.2 Å². The fourth-order valence-electron chi connectivity index (χ4n) is 3.34. The van der Waals surface area contributed by atoms with E-state index in [9.17, 15) is 8.42 Å². The van der Waals surface area contributed by atoms with E-state index in [-0.39, 0.29) is 0 Å². The van der Waals surface area contributed by atoms with Gasteiger partial charge in [0.1, 0.15) is 6.33 Å². The number of sulfonamides is 1. The van der Waals surface area contributed by atoms with Crippen molar-refractivity contribution in [3.05, 3.63) is 40.4 Å². The normalized spacial score (nSPS) is 16.9. The number of hydrogen-bond donors (Lipinski definition) is 1. The molecule has 1 fully saturated rings. The standard InChI is InChI=1S/C17H25N5O2S2/c1-4-20-12-18-22(17(20)25)13-19-7-9-21(10-8-19)26(23,24)16-6-5-14(2)11-15(16)3/h5-6,11-12H,4,7-10,13H2,1-3H3/p+1. The van der Waals surface area contributed by atoms with Gasteiger partial charge in [0.2, 0.25) is 14.8 Å². The monoisotopic (exact) mass is 396 g/mol. The van der Waals surface area contributed by atoms with Gasteiger partial charge in [-0.1, -0.05) is 17.7 Å². The van der Waals surface area contributed by atoms with Crippen molar-refractivity contribution in [2.24, 2.45) is 0 Å². The van der Waals surface area contributed by atoms with Crippen molar-refractivity contribution < 1.29 is 13.3 Å². The van der Waals surface area contributed by atoms with Crippen LogP contribution >= 0.6 is 12.2 Å². The Kier molecular flexibility index (Phi) is 5.61. The molecule has 1 N–H and O–H groups in total. The molecule has 1 aromatic carbocycles. The van der Waals surface area contributed by atoms with Crippen LogP contribution in [-0.4, -0.2) is 53.2 Å². The maximum Gasteiger partial charge on any atom is 0.243 e. The molecule has 0 aliphatic carbocycles. The molecule has 1 aromatic heterocycles. The summed E-state index contributed by atoms with van der Waals surface area (Å²) in [5.74, 6) is 0. The fourth-order valence-corrected chi connectivity index (χ4v) is 5.27. The topological polar surface area (TPSA) is 64.6 Å². The minimum absolute atomic E-state index is 0.412. The number of nitrogens with one attached hydrogen (secondary N) is 1. The SMILES string of the molecule is CCn1cnn(C[NH+]2CCN(S(=O)(=O)c3ccc(C)cc3C)CC2)c1=S. The van der Waals surface area contributed by atoms with Crippen molar-refractivity contribution in [1.29, 1.82) is 0 Å². The Bertz CT molecular complexity index is 940. The zero-order valence-corrected chi connectivity index (χ0v) is 17.1. The van der Waals surface area contributed by atoms with Crippen LogP contribution < -0.4 is 4.90 Å². The van der Waals surface area contributed by atoms with Crippen LogP contribution in [-0.2, 0) is 23.2 Å². The van der Waals surface area contributed by atoms with Crippen molar-refractivity contribution in [3.8, 4) is 0 Å². The summed E-state index contributed by atoms with van der Waals surface area (Å²) in [5, 5.41) is 4.34. The molecule has 0 bridgehead atoms. The predicted molar refractivity (Wildman–Crippen MR) is 102 cm³/mol. The molecule has 142 valence electrons. The second-order valence-electron chi connectivity index (χ2n) is 6.78. The quantitative estimate of drug-likeness (QED) is 0.752. The van der Waals surface area contributed by atoms with Gasteiger partial charge in [-0.3, -0.25) is 0 Å². The highest BCUT2D eigenvalue weighted by atomic mass is 32.2. The Morgan fingerprint density at radius 2 is 1.92 bits per heavy atom. The van der Waals surface area contributed by atoms with Gasteiger partial charge in [0.15, 0.2) is 6.67 Å². The van der Waals surface area contributed by atoms with Gasteiger partial charge in [-0.15, -0.1) is 0 Å². The Labute approximate surface area is 159 Å². The van der Waals surface area contributed by atoms with Gasteiger partial charge < -0.3 is 9.47 Å². The van der Waals surface area contributed by atoms with Gasteiger partial charge in [-0.05, 0) is 44.6 Å². The average molecular weight is 397 g/mol. The van der Waals surface area contributed by atoms with E-state index in [2.05, 4.69) is 5.10 Å². The summed E-state index contributed by atoms with van der Waals surface area (Å²) in [7, 11) is -3.44. The number of nitrogens with zero attached hydrogens (tertiary/aromatic N) is 4. The largest absolute Gasteiger partial charge is 0.314 e. The van der Waals surface area contributed by atoms with E-state index < -0.39 is 10.0 Å². The van der Waals surface area contributed by atoms with Gasteiger partial charge in [0.05, 0.1) is 31.1 Å². The Balaban J connectivity index is 1.67. The molecular weight excluding hydrogens is 370 g/mol. The first kappa shape index (κ1) is 19.2. The van der Waals surface area contributed by atoms with Crippen LogP contribution in [0.25, 0.3) is 0 Å². The van der Waals surface area contributed by atoms with Crippen LogP contribution in [0.1, 0.15) is 18.1 Å². The summed E-state index contributed by atoms with van der Waals surface area (Å²) >= 11 is 5.41. The minimum atomic E-state index is -3.44. The molecule has 1 saturated heterocycles. The van der Waals surface area contributed by atoms with E-state index in [0.29, 0.717) is 29.4 Å². The summed E-state index contributed by atoms with van der Waals surface area (Å²) in [5.41, 5.74) is 1.87. The zero-order chi connectivity index (χ0) is 18.9. The summed E-state index contributed by atoms with van der Waals surface area (Å²) in [6.07, 6.45) is 1.75. The van der Waals surface area contributed by atoms with Crippen molar-refractivity contribution in [3.63, 3.8) is 0 Å². The lowest BCUT2D eigenvalue weighted by molar-refractivity contribution is -0.926. The first-order valence-electron chi connectivity index (χ1n) is 8.86. The van der Waals surface area contributed by atoms with Crippen LogP contribution in [0, 0.1) is 18.6 Å². The van der Waals surface area contributed by atoms with Crippen LogP contribution in [0.4, 0.5) is 0 Å². The number of benzene rings is 1. The first-order chi connectivity index (χ1) is 12.3. The van der Waals surface area contributed by atoms with Crippen LogP contribution in [0.3, 0.4) is 0 Å². The third-order valence-electron chi connectivity index (χ3n) is 4.89. The van der Waals surface area contributed by atoms with E-state index in [0.717, 1.165) is 30.8 Å². The van der Waals surface area contributed by atoms with Gasteiger partial charge in [0, 0.05) is 6.54 Å². The first-order valence-corrected chi connectivity index (χ1v) is 10.7. The van der Waals surface area contributed by atoms with Crippen molar-refractivity contribution in [2.45, 2.75) is 38.9 Å². The van der Waals surface area contributed by atoms with Gasteiger partial charge >= 0.3 is 0 Å². The van der Waals surface area contributed by atoms with Gasteiger partial charge in [-0.25, -0.2) is 8.42 Å². The maximum atomic E-state index is 13.0. The lowest BCUT2D eigenvalue weighted by Crippen LogP contribution is -3.14. The summed E-state index contributed by atoms with van der Waals surface area (Å²) in [6.45, 7) is 9.82. The highest BCUT2D eigenvalue weighted by Gasteiger charge is 2.31. The number of hydrogen-bond acceptors (Lipinski definition) is 4. The highest BCUT2D eigenvalue weighted by molar-refractivity contribution is 7.89. The smallest absolute Gasteiger partial charge is 0.243 e. The average Bonchev–Trinajstić information content (AvgIpc) is 2.95. The highest BCUT2D eigenvalue weighted by Crippen LogP contribution is 2.20. The molecule has 2 heterocycles. The third kappa shape index (κ3) is 3.75. The molecule has 26 heavy (non-hydrogen) atoms. The predicted octanol–water partition coefficient (Wildman–Crippen LogP) is 0.598. The van der Waals surface area contributed by atoms with Gasteiger partial charge in [0.25, 0.3) is 0 Å². The molecule has 1 aliphatic heterocycles. The fraction of sp³-hybridized carbons (Fsp3) is 0.529. The molecule has 7 nitrogen and oxygen atoms in total. The van der Waals surface area contributed by atoms with Crippen molar-refractivity contribution >= 4 is 22.2 Å². The molecule has 9 heteroatoms. The third-order valence-corrected chi connectivity index (χ3v) is 7.39. The second kappa shape index (κ2) is 7.59. The molecule has 2 aromatic rings. The Morgan fingerprint density at radius 3 is 2.50 bits per heavy atom. The lowest BCUT2D eigenvalue weighted by Gasteiger charge is -2.31. The molecule has 1 aliphatic rings. The van der Waals surface area contributed by atoms with Crippen molar-refractivity contribution in [1.82, 2.24) is 18.7 Å². The molecule has 3 rings (SSSR count). The Morgan fingerprint density at radius 1 is 1.23 bits per heavy atom. The van der Waals surface area contributed by atoms with Gasteiger partial charge in [-0.2, -0.15) is 14.1 Å². The summed E-state index contributed by atoms with van der Waals surface area (Å²) in [6, 6.07) is 5.49. The Hall–Kier alpha value is -1.55. The number of aryl methyl sites for hydroxylation is 3. The molecule has 0 atom stereocenters. The zero-order valence-electron chi connectivity index (χ0n) is 15.5. The molecule has 0 amide bonds. The number of rotatable bonds is 5. The van der Waals surface area contributed by atoms with Crippen LogP contribution in [0.2, 0.25) is 0 Å². The lowest BCUT2D eigenvalue weighted by atomic mass is 10.2. The summed E-state index contributed by atoms with van der Waals surface area (Å²) < 4.78 is 32.0. The maximum absolute atomic E-state index is 13.0. The van der Waals surface area contributed by atoms with E-state index in [4.69, 9.17) is 12.2 Å². The number of quaternary nitrogens is 1. The molecule has 0 spiro atoms. The van der Waals surface area contributed by atoms with Crippen LogP contribution in [0.15, 0.2) is 29.4 Å². The van der Waals surface area contributed by atoms with E-state index in [1.54, 1.807) is 16.7 Å². The second-order valence-corrected chi connectivity index (χ2v) is 9.05. The minimum Gasteiger partial charge on any atom is -0.314 e. The molecule has 0 unspecified atom stereocenters. The van der Waals surface area contributed by atoms with E-state index in [1.807, 2.05) is 42.2 Å². The molecule has 0 radical (unpaired) electrons. The summed E-state index contributed by atoms with van der Waals surface area (Å²) in [4.78, 5) is 1.70. The number of piperazine rings is 1.